The third-order valence-corrected chi connectivity index (χ3v) is 4.69. The summed E-state index contributed by atoms with van der Waals surface area (Å²) in [7, 11) is 1.64. The van der Waals surface area contributed by atoms with Crippen molar-refractivity contribution in [1.82, 2.24) is 10.6 Å². The van der Waals surface area contributed by atoms with Crippen LogP contribution >= 0.6 is 0 Å². The third kappa shape index (κ3) is 4.78. The Morgan fingerprint density at radius 1 is 1.52 bits per heavy atom. The van der Waals surface area contributed by atoms with E-state index in [1.165, 1.54) is 6.92 Å². The third-order valence-electron chi connectivity index (χ3n) is 4.69. The van der Waals surface area contributed by atoms with Crippen molar-refractivity contribution in [3.8, 4) is 0 Å². The topological polar surface area (TPSA) is 87.7 Å². The summed E-state index contributed by atoms with van der Waals surface area (Å²) in [6.45, 7) is 7.43. The number of allylic oxidation sites excluding steroid dienone is 1. The summed E-state index contributed by atoms with van der Waals surface area (Å²) in [6, 6.07) is -1.11. The molecule has 23 heavy (non-hydrogen) atoms. The van der Waals surface area contributed by atoms with E-state index in [0.29, 0.717) is 6.42 Å². The van der Waals surface area contributed by atoms with Crippen molar-refractivity contribution in [1.29, 1.82) is 0 Å². The molecule has 1 aliphatic rings. The first-order valence-electron chi connectivity index (χ1n) is 8.23. The Balaban J connectivity index is 3.16. The molecule has 0 saturated carbocycles. The van der Waals surface area contributed by atoms with Crippen LogP contribution in [0.4, 0.5) is 0 Å². The van der Waals surface area contributed by atoms with Crippen molar-refractivity contribution in [2.75, 3.05) is 7.11 Å². The first-order chi connectivity index (χ1) is 10.8. The van der Waals surface area contributed by atoms with Crippen LogP contribution < -0.4 is 10.6 Å². The van der Waals surface area contributed by atoms with Gasteiger partial charge in [-0.1, -0.05) is 25.5 Å². The number of amides is 1. The number of carbonyl (C=O) groups excluding carboxylic acids is 1. The maximum atomic E-state index is 11.7. The molecule has 0 aromatic rings. The molecular formula is C17H30N2O4. The lowest BCUT2D eigenvalue weighted by Crippen LogP contribution is -2.62. The largest absolute Gasteiger partial charge is 0.480 e. The van der Waals surface area contributed by atoms with E-state index in [1.54, 1.807) is 7.11 Å². The van der Waals surface area contributed by atoms with Gasteiger partial charge >= 0.3 is 5.97 Å². The summed E-state index contributed by atoms with van der Waals surface area (Å²) < 4.78 is 5.75. The highest BCUT2D eigenvalue weighted by Crippen LogP contribution is 2.32. The van der Waals surface area contributed by atoms with Crippen LogP contribution in [0.5, 0.6) is 0 Å². The number of hydrogen-bond acceptors (Lipinski definition) is 4. The second kappa shape index (κ2) is 8.45. The molecule has 132 valence electrons. The molecular weight excluding hydrogens is 296 g/mol. The number of carboxylic acid groups (broad SMARTS) is 1. The van der Waals surface area contributed by atoms with Crippen LogP contribution in [-0.2, 0) is 14.3 Å². The molecule has 0 aromatic heterocycles. The van der Waals surface area contributed by atoms with Crippen LogP contribution in [-0.4, -0.2) is 47.8 Å². The minimum Gasteiger partial charge on any atom is -0.480 e. The number of aliphatic carboxylic acids is 1. The van der Waals surface area contributed by atoms with Gasteiger partial charge in [0.25, 0.3) is 0 Å². The van der Waals surface area contributed by atoms with Gasteiger partial charge in [0, 0.05) is 20.1 Å². The predicted molar refractivity (Wildman–Crippen MR) is 89.2 cm³/mol. The summed E-state index contributed by atoms with van der Waals surface area (Å²) in [5.74, 6) is -0.975. The van der Waals surface area contributed by atoms with Gasteiger partial charge in [-0.2, -0.15) is 0 Å². The monoisotopic (exact) mass is 326 g/mol. The molecule has 5 atom stereocenters. The number of hydrogen-bond donors (Lipinski definition) is 3. The van der Waals surface area contributed by atoms with Crippen molar-refractivity contribution in [2.45, 2.75) is 70.7 Å². The van der Waals surface area contributed by atoms with E-state index in [9.17, 15) is 14.7 Å². The van der Waals surface area contributed by atoms with Gasteiger partial charge in [-0.05, 0) is 32.6 Å². The van der Waals surface area contributed by atoms with Gasteiger partial charge in [0.05, 0.1) is 11.6 Å². The second-order valence-electron chi connectivity index (χ2n) is 6.45. The number of carbonyl (C=O) groups is 2. The Hall–Kier alpha value is -1.40. The fourth-order valence-corrected chi connectivity index (χ4v) is 3.53. The van der Waals surface area contributed by atoms with Crippen molar-refractivity contribution < 1.29 is 19.4 Å². The molecule has 0 aliphatic carbocycles. The van der Waals surface area contributed by atoms with E-state index in [2.05, 4.69) is 17.6 Å². The molecule has 0 spiro atoms. The maximum absolute atomic E-state index is 11.7. The van der Waals surface area contributed by atoms with Crippen LogP contribution in [0, 0.1) is 5.92 Å². The number of nitrogens with one attached hydrogen (secondary N) is 2. The van der Waals surface area contributed by atoms with Crippen molar-refractivity contribution in [3.05, 3.63) is 12.2 Å². The average Bonchev–Trinajstić information content (AvgIpc) is 2.89. The summed E-state index contributed by atoms with van der Waals surface area (Å²) in [5, 5.41) is 15.5. The molecule has 1 rings (SSSR count). The zero-order chi connectivity index (χ0) is 17.6. The van der Waals surface area contributed by atoms with E-state index in [-0.39, 0.29) is 23.9 Å². The second-order valence-corrected chi connectivity index (χ2v) is 6.45. The molecule has 1 amide bonds. The molecule has 1 fully saturated rings. The van der Waals surface area contributed by atoms with Gasteiger partial charge < -0.3 is 15.2 Å². The van der Waals surface area contributed by atoms with E-state index < -0.39 is 17.6 Å². The Morgan fingerprint density at radius 3 is 2.61 bits per heavy atom. The standard InChI is InChI=1S/C17H30N2O4/c1-6-8-12-10-13(16(21)22)19-14(12)15(18-11(3)20)17(4,23-5)9-7-2/h6,8,12-15,19H,7,9-10H2,1-5H3,(H,18,20)(H,21,22)/b8-6-/t12-,13-,14+,15+,17-/m0/s1. The van der Waals surface area contributed by atoms with Crippen LogP contribution in [0.3, 0.4) is 0 Å². The molecule has 0 bridgehead atoms. The Morgan fingerprint density at radius 2 is 2.17 bits per heavy atom. The fraction of sp³-hybridized carbons (Fsp3) is 0.765. The van der Waals surface area contributed by atoms with Crippen LogP contribution in [0.1, 0.15) is 47.0 Å². The summed E-state index contributed by atoms with van der Waals surface area (Å²) in [6.07, 6.45) is 6.12. The zero-order valence-electron chi connectivity index (χ0n) is 14.8. The first kappa shape index (κ1) is 19.6. The fourth-order valence-electron chi connectivity index (χ4n) is 3.53. The number of rotatable bonds is 8. The highest BCUT2D eigenvalue weighted by molar-refractivity contribution is 5.75. The van der Waals surface area contributed by atoms with Gasteiger partial charge in [-0.15, -0.1) is 0 Å². The molecule has 0 unspecified atom stereocenters. The summed E-state index contributed by atoms with van der Waals surface area (Å²) >= 11 is 0. The van der Waals surface area contributed by atoms with Gasteiger partial charge in [-0.3, -0.25) is 14.9 Å². The maximum Gasteiger partial charge on any atom is 0.320 e. The zero-order valence-corrected chi connectivity index (χ0v) is 14.8. The molecule has 0 aromatic carbocycles. The quantitative estimate of drug-likeness (QED) is 0.591. The van der Waals surface area contributed by atoms with Crippen LogP contribution in [0.15, 0.2) is 12.2 Å². The minimum absolute atomic E-state index is 0.0317. The number of methoxy groups -OCH3 is 1. The lowest BCUT2D eigenvalue weighted by atomic mass is 9.81. The Kier molecular flexibility index (Phi) is 7.22. The Bertz CT molecular complexity index is 452. The van der Waals surface area contributed by atoms with E-state index in [4.69, 9.17) is 4.74 Å². The molecule has 1 aliphatic heterocycles. The molecule has 3 N–H and O–H groups in total. The number of carboxylic acids is 1. The smallest absolute Gasteiger partial charge is 0.320 e. The van der Waals surface area contributed by atoms with Gasteiger partial charge in [0.1, 0.15) is 6.04 Å². The van der Waals surface area contributed by atoms with Crippen molar-refractivity contribution in [2.24, 2.45) is 5.92 Å². The highest BCUT2D eigenvalue weighted by Gasteiger charge is 2.47. The van der Waals surface area contributed by atoms with Gasteiger partial charge in [0.2, 0.25) is 5.91 Å². The molecule has 6 nitrogen and oxygen atoms in total. The Labute approximate surface area is 138 Å². The van der Waals surface area contributed by atoms with Gasteiger partial charge in [0.15, 0.2) is 0 Å². The van der Waals surface area contributed by atoms with Gasteiger partial charge in [-0.25, -0.2) is 0 Å². The van der Waals surface area contributed by atoms with Crippen molar-refractivity contribution >= 4 is 11.9 Å². The van der Waals surface area contributed by atoms with Crippen molar-refractivity contribution in [3.63, 3.8) is 0 Å². The average molecular weight is 326 g/mol. The predicted octanol–water partition coefficient (Wildman–Crippen LogP) is 1.70. The summed E-state index contributed by atoms with van der Waals surface area (Å²) in [4.78, 5) is 23.1. The molecule has 0 radical (unpaired) electrons. The lowest BCUT2D eigenvalue weighted by Gasteiger charge is -2.41. The molecule has 6 heteroatoms. The van der Waals surface area contributed by atoms with Crippen LogP contribution in [0.2, 0.25) is 0 Å². The molecule has 1 heterocycles. The van der Waals surface area contributed by atoms with Crippen LogP contribution in [0.25, 0.3) is 0 Å². The van der Waals surface area contributed by atoms with E-state index >= 15 is 0 Å². The first-order valence-corrected chi connectivity index (χ1v) is 8.23. The minimum atomic E-state index is -0.863. The van der Waals surface area contributed by atoms with E-state index in [1.807, 2.05) is 26.0 Å². The lowest BCUT2D eigenvalue weighted by molar-refractivity contribution is -0.139. The number of ether oxygens (including phenoxy) is 1. The summed E-state index contributed by atoms with van der Waals surface area (Å²) in [5.41, 5.74) is -0.564. The SMILES string of the molecule is C/C=C\[C@H]1C[C@@H](C(=O)O)N[C@H]1[C@@H](NC(C)=O)[C@](C)(CCC)OC. The molecule has 1 saturated heterocycles. The highest BCUT2D eigenvalue weighted by atomic mass is 16.5. The van der Waals surface area contributed by atoms with E-state index in [0.717, 1.165) is 12.8 Å². The normalized spacial score (nSPS) is 28.5.